The SMILES string of the molecule is CCCCC/C(=C/c1ccccc1)C(OC)OC. The monoisotopic (exact) mass is 248 g/mol. The Balaban J connectivity index is 2.78. The van der Waals surface area contributed by atoms with E-state index >= 15 is 0 Å². The molecule has 2 heteroatoms. The fourth-order valence-electron chi connectivity index (χ4n) is 2.00. The second-order valence-electron chi connectivity index (χ2n) is 4.39. The molecule has 1 rings (SSSR count). The Hall–Kier alpha value is -1.12. The smallest absolute Gasteiger partial charge is 0.179 e. The average Bonchev–Trinajstić information content (AvgIpc) is 2.41. The van der Waals surface area contributed by atoms with Gasteiger partial charge in [-0.15, -0.1) is 0 Å². The Bertz CT molecular complexity index is 339. The molecule has 0 saturated heterocycles. The summed E-state index contributed by atoms with van der Waals surface area (Å²) in [5.74, 6) is 0. The van der Waals surface area contributed by atoms with Crippen LogP contribution in [0.4, 0.5) is 0 Å². The molecule has 0 fully saturated rings. The third kappa shape index (κ3) is 5.03. The first kappa shape index (κ1) is 14.9. The number of ether oxygens (including phenoxy) is 2. The summed E-state index contributed by atoms with van der Waals surface area (Å²) in [6.07, 6.45) is 6.61. The van der Waals surface area contributed by atoms with Crippen molar-refractivity contribution < 1.29 is 9.47 Å². The Morgan fingerprint density at radius 2 is 1.78 bits per heavy atom. The van der Waals surface area contributed by atoms with Crippen LogP contribution in [0.15, 0.2) is 35.9 Å². The van der Waals surface area contributed by atoms with Crippen LogP contribution in [0.5, 0.6) is 0 Å². The van der Waals surface area contributed by atoms with Crippen molar-refractivity contribution in [3.63, 3.8) is 0 Å². The zero-order valence-electron chi connectivity index (χ0n) is 11.7. The number of methoxy groups -OCH3 is 2. The molecular formula is C16H24O2. The summed E-state index contributed by atoms with van der Waals surface area (Å²) in [5, 5.41) is 0. The molecule has 1 aromatic carbocycles. The quantitative estimate of drug-likeness (QED) is 0.505. The van der Waals surface area contributed by atoms with E-state index in [-0.39, 0.29) is 6.29 Å². The van der Waals surface area contributed by atoms with Crippen molar-refractivity contribution in [1.82, 2.24) is 0 Å². The summed E-state index contributed by atoms with van der Waals surface area (Å²) in [4.78, 5) is 0. The van der Waals surface area contributed by atoms with Gasteiger partial charge in [0.1, 0.15) is 0 Å². The third-order valence-corrected chi connectivity index (χ3v) is 2.95. The number of hydrogen-bond acceptors (Lipinski definition) is 2. The van der Waals surface area contributed by atoms with Gasteiger partial charge in [0, 0.05) is 14.2 Å². The molecule has 0 radical (unpaired) electrons. The van der Waals surface area contributed by atoms with Crippen LogP contribution in [-0.4, -0.2) is 20.5 Å². The van der Waals surface area contributed by atoms with Crippen molar-refractivity contribution in [2.45, 2.75) is 38.9 Å². The zero-order chi connectivity index (χ0) is 13.2. The molecule has 100 valence electrons. The van der Waals surface area contributed by atoms with Gasteiger partial charge in [0.25, 0.3) is 0 Å². The van der Waals surface area contributed by atoms with Gasteiger partial charge >= 0.3 is 0 Å². The lowest BCUT2D eigenvalue weighted by molar-refractivity contribution is -0.0760. The van der Waals surface area contributed by atoms with E-state index in [0.29, 0.717) is 0 Å². The maximum atomic E-state index is 5.37. The standard InChI is InChI=1S/C16H24O2/c1-4-5-7-12-15(16(17-2)18-3)13-14-10-8-6-9-11-14/h6,8-11,13,16H,4-5,7,12H2,1-3H3/b15-13-. The van der Waals surface area contributed by atoms with Crippen LogP contribution in [-0.2, 0) is 9.47 Å². The maximum Gasteiger partial charge on any atom is 0.179 e. The van der Waals surface area contributed by atoms with Crippen LogP contribution in [0.25, 0.3) is 6.08 Å². The van der Waals surface area contributed by atoms with E-state index in [0.717, 1.165) is 6.42 Å². The van der Waals surface area contributed by atoms with Crippen molar-refractivity contribution in [3.05, 3.63) is 41.5 Å². The van der Waals surface area contributed by atoms with Crippen molar-refractivity contribution in [2.24, 2.45) is 0 Å². The molecule has 0 aliphatic carbocycles. The van der Waals surface area contributed by atoms with Crippen LogP contribution in [0, 0.1) is 0 Å². The molecule has 1 aromatic rings. The number of rotatable bonds is 8. The summed E-state index contributed by atoms with van der Waals surface area (Å²) in [5.41, 5.74) is 2.41. The summed E-state index contributed by atoms with van der Waals surface area (Å²) in [6.45, 7) is 2.21. The average molecular weight is 248 g/mol. The van der Waals surface area contributed by atoms with E-state index in [4.69, 9.17) is 9.47 Å². The second kappa shape index (κ2) is 8.90. The van der Waals surface area contributed by atoms with E-state index < -0.39 is 0 Å². The lowest BCUT2D eigenvalue weighted by Crippen LogP contribution is -2.16. The minimum absolute atomic E-state index is 0.234. The largest absolute Gasteiger partial charge is 0.352 e. The molecule has 0 aromatic heterocycles. The minimum Gasteiger partial charge on any atom is -0.352 e. The molecule has 0 spiro atoms. The molecule has 0 saturated carbocycles. The van der Waals surface area contributed by atoms with Crippen LogP contribution >= 0.6 is 0 Å². The van der Waals surface area contributed by atoms with Crippen LogP contribution in [0.1, 0.15) is 38.2 Å². The van der Waals surface area contributed by atoms with Gasteiger partial charge < -0.3 is 9.47 Å². The van der Waals surface area contributed by atoms with Crippen molar-refractivity contribution in [1.29, 1.82) is 0 Å². The van der Waals surface area contributed by atoms with Crippen molar-refractivity contribution in [3.8, 4) is 0 Å². The highest BCUT2D eigenvalue weighted by atomic mass is 16.7. The Morgan fingerprint density at radius 1 is 1.11 bits per heavy atom. The molecule has 0 amide bonds. The lowest BCUT2D eigenvalue weighted by atomic mass is 10.0. The van der Waals surface area contributed by atoms with Crippen LogP contribution in [0.2, 0.25) is 0 Å². The molecule has 0 atom stereocenters. The predicted molar refractivity (Wildman–Crippen MR) is 76.4 cm³/mol. The molecular weight excluding hydrogens is 224 g/mol. The Morgan fingerprint density at radius 3 is 2.33 bits per heavy atom. The molecule has 18 heavy (non-hydrogen) atoms. The highest BCUT2D eigenvalue weighted by Gasteiger charge is 2.11. The molecule has 0 aliphatic heterocycles. The van der Waals surface area contributed by atoms with Gasteiger partial charge in [0.15, 0.2) is 6.29 Å². The van der Waals surface area contributed by atoms with Gasteiger partial charge in [-0.05, 0) is 24.0 Å². The molecule has 0 N–H and O–H groups in total. The normalized spacial score (nSPS) is 12.1. The zero-order valence-corrected chi connectivity index (χ0v) is 11.7. The molecule has 0 bridgehead atoms. The predicted octanol–water partition coefficient (Wildman–Crippen LogP) is 4.27. The van der Waals surface area contributed by atoms with Gasteiger partial charge in [-0.2, -0.15) is 0 Å². The van der Waals surface area contributed by atoms with Gasteiger partial charge in [-0.3, -0.25) is 0 Å². The van der Waals surface area contributed by atoms with Crippen molar-refractivity contribution in [2.75, 3.05) is 14.2 Å². The third-order valence-electron chi connectivity index (χ3n) is 2.95. The fourth-order valence-corrected chi connectivity index (χ4v) is 2.00. The van der Waals surface area contributed by atoms with E-state index in [1.807, 2.05) is 18.2 Å². The summed E-state index contributed by atoms with van der Waals surface area (Å²) >= 11 is 0. The van der Waals surface area contributed by atoms with Gasteiger partial charge in [-0.1, -0.05) is 56.2 Å². The highest BCUT2D eigenvalue weighted by Crippen LogP contribution is 2.19. The molecule has 0 unspecified atom stereocenters. The van der Waals surface area contributed by atoms with Crippen LogP contribution in [0.3, 0.4) is 0 Å². The molecule has 0 heterocycles. The lowest BCUT2D eigenvalue weighted by Gasteiger charge is -2.17. The first-order valence-corrected chi connectivity index (χ1v) is 6.63. The summed E-state index contributed by atoms with van der Waals surface area (Å²) in [7, 11) is 3.37. The first-order valence-electron chi connectivity index (χ1n) is 6.63. The fraction of sp³-hybridized carbons (Fsp3) is 0.500. The van der Waals surface area contributed by atoms with Gasteiger partial charge in [-0.25, -0.2) is 0 Å². The van der Waals surface area contributed by atoms with E-state index in [1.165, 1.54) is 30.4 Å². The highest BCUT2D eigenvalue weighted by molar-refractivity contribution is 5.53. The Kier molecular flexibility index (Phi) is 7.38. The second-order valence-corrected chi connectivity index (χ2v) is 4.39. The number of benzene rings is 1. The molecule has 0 aliphatic rings. The first-order chi connectivity index (χ1) is 8.81. The molecule has 2 nitrogen and oxygen atoms in total. The summed E-state index contributed by atoms with van der Waals surface area (Å²) in [6, 6.07) is 10.3. The van der Waals surface area contributed by atoms with Gasteiger partial charge in [0.2, 0.25) is 0 Å². The topological polar surface area (TPSA) is 18.5 Å². The summed E-state index contributed by atoms with van der Waals surface area (Å²) < 4.78 is 10.7. The van der Waals surface area contributed by atoms with Crippen molar-refractivity contribution >= 4 is 6.08 Å². The Labute approximate surface area is 111 Å². The van der Waals surface area contributed by atoms with E-state index in [2.05, 4.69) is 25.1 Å². The van der Waals surface area contributed by atoms with E-state index in [1.54, 1.807) is 14.2 Å². The van der Waals surface area contributed by atoms with Gasteiger partial charge in [0.05, 0.1) is 0 Å². The minimum atomic E-state index is -0.234. The maximum absolute atomic E-state index is 5.37. The van der Waals surface area contributed by atoms with E-state index in [9.17, 15) is 0 Å². The number of unbranched alkanes of at least 4 members (excludes halogenated alkanes) is 2. The van der Waals surface area contributed by atoms with Crippen LogP contribution < -0.4 is 0 Å². The number of hydrogen-bond donors (Lipinski definition) is 0.